The maximum absolute atomic E-state index is 11.9. The fourth-order valence-corrected chi connectivity index (χ4v) is 1.76. The van der Waals surface area contributed by atoms with E-state index in [1.165, 1.54) is 5.69 Å². The number of aryl methyl sites for hydroxylation is 2. The molecule has 5 heteroatoms. The molecule has 0 aliphatic heterocycles. The molecule has 0 unspecified atom stereocenters. The van der Waals surface area contributed by atoms with Crippen molar-refractivity contribution in [3.8, 4) is 0 Å². The number of hydrogen-bond acceptors (Lipinski definition) is 2. The van der Waals surface area contributed by atoms with Gasteiger partial charge in [0, 0.05) is 31.2 Å². The van der Waals surface area contributed by atoms with E-state index in [0.29, 0.717) is 12.2 Å². The first-order chi connectivity index (χ1) is 8.61. The molecule has 96 valence electrons. The fourth-order valence-electron chi connectivity index (χ4n) is 1.76. The Kier molecular flexibility index (Phi) is 3.50. The van der Waals surface area contributed by atoms with Crippen LogP contribution in [0, 0.1) is 6.92 Å². The Balaban J connectivity index is 1.98. The van der Waals surface area contributed by atoms with E-state index in [1.807, 2.05) is 39.2 Å². The molecule has 0 aliphatic rings. The largest absolute Gasteiger partial charge is 0.350 e. The van der Waals surface area contributed by atoms with Gasteiger partial charge in [-0.3, -0.25) is 9.48 Å². The lowest BCUT2D eigenvalue weighted by atomic mass is 10.3. The summed E-state index contributed by atoms with van der Waals surface area (Å²) >= 11 is 0. The molecule has 5 nitrogen and oxygen atoms in total. The number of rotatable bonds is 4. The molecule has 2 aromatic rings. The van der Waals surface area contributed by atoms with Gasteiger partial charge in [0.05, 0.1) is 6.54 Å². The van der Waals surface area contributed by atoms with E-state index < -0.39 is 0 Å². The van der Waals surface area contributed by atoms with E-state index in [1.54, 1.807) is 10.7 Å². The Bertz CT molecular complexity index is 553. The SMILES string of the molecule is CCn1ccc(C(=O)NCc2ccc(C)n2C)n1. The van der Waals surface area contributed by atoms with Gasteiger partial charge in [-0.05, 0) is 32.0 Å². The van der Waals surface area contributed by atoms with Crippen LogP contribution in [0.4, 0.5) is 0 Å². The zero-order chi connectivity index (χ0) is 13.1. The highest BCUT2D eigenvalue weighted by molar-refractivity contribution is 5.92. The van der Waals surface area contributed by atoms with Gasteiger partial charge in [-0.25, -0.2) is 0 Å². The summed E-state index contributed by atoms with van der Waals surface area (Å²) in [7, 11) is 1.99. The van der Waals surface area contributed by atoms with Crippen molar-refractivity contribution in [3.05, 3.63) is 41.5 Å². The van der Waals surface area contributed by atoms with Crippen molar-refractivity contribution in [1.82, 2.24) is 19.7 Å². The zero-order valence-electron chi connectivity index (χ0n) is 11.0. The topological polar surface area (TPSA) is 51.9 Å². The van der Waals surface area contributed by atoms with Crippen LogP contribution in [0.15, 0.2) is 24.4 Å². The molecule has 1 N–H and O–H groups in total. The summed E-state index contributed by atoms with van der Waals surface area (Å²) in [5.41, 5.74) is 2.72. The van der Waals surface area contributed by atoms with E-state index >= 15 is 0 Å². The van der Waals surface area contributed by atoms with Crippen LogP contribution in [0.2, 0.25) is 0 Å². The predicted molar refractivity (Wildman–Crippen MR) is 69.2 cm³/mol. The molecule has 0 saturated carbocycles. The zero-order valence-corrected chi connectivity index (χ0v) is 11.0. The number of carbonyl (C=O) groups excluding carboxylic acids is 1. The molecule has 2 aromatic heterocycles. The minimum atomic E-state index is -0.138. The Morgan fingerprint density at radius 3 is 2.72 bits per heavy atom. The molecular weight excluding hydrogens is 228 g/mol. The van der Waals surface area contributed by atoms with Crippen molar-refractivity contribution in [2.24, 2.45) is 7.05 Å². The van der Waals surface area contributed by atoms with Crippen LogP contribution in [0.25, 0.3) is 0 Å². The van der Waals surface area contributed by atoms with Crippen LogP contribution in [-0.4, -0.2) is 20.3 Å². The van der Waals surface area contributed by atoms with E-state index in [0.717, 1.165) is 12.2 Å². The van der Waals surface area contributed by atoms with Gasteiger partial charge in [-0.1, -0.05) is 0 Å². The van der Waals surface area contributed by atoms with Crippen molar-refractivity contribution in [2.75, 3.05) is 0 Å². The van der Waals surface area contributed by atoms with Gasteiger partial charge in [0.1, 0.15) is 5.69 Å². The van der Waals surface area contributed by atoms with Crippen molar-refractivity contribution in [1.29, 1.82) is 0 Å². The van der Waals surface area contributed by atoms with Crippen molar-refractivity contribution >= 4 is 5.91 Å². The Labute approximate surface area is 106 Å². The quantitative estimate of drug-likeness (QED) is 0.888. The van der Waals surface area contributed by atoms with Gasteiger partial charge in [0.2, 0.25) is 0 Å². The van der Waals surface area contributed by atoms with Crippen LogP contribution in [0.3, 0.4) is 0 Å². The second-order valence-electron chi connectivity index (χ2n) is 4.26. The first-order valence-electron chi connectivity index (χ1n) is 6.04. The highest BCUT2D eigenvalue weighted by Crippen LogP contribution is 2.05. The smallest absolute Gasteiger partial charge is 0.272 e. The lowest BCUT2D eigenvalue weighted by molar-refractivity contribution is 0.0944. The number of nitrogens with one attached hydrogen (secondary N) is 1. The van der Waals surface area contributed by atoms with Gasteiger partial charge >= 0.3 is 0 Å². The molecule has 0 atom stereocenters. The Morgan fingerprint density at radius 2 is 2.17 bits per heavy atom. The van der Waals surface area contributed by atoms with Gasteiger partial charge in [0.15, 0.2) is 0 Å². The highest BCUT2D eigenvalue weighted by atomic mass is 16.1. The summed E-state index contributed by atoms with van der Waals surface area (Å²) in [6, 6.07) is 5.78. The lowest BCUT2D eigenvalue weighted by Crippen LogP contribution is -2.24. The first-order valence-corrected chi connectivity index (χ1v) is 6.04. The van der Waals surface area contributed by atoms with Crippen molar-refractivity contribution in [2.45, 2.75) is 26.9 Å². The third-order valence-electron chi connectivity index (χ3n) is 3.10. The highest BCUT2D eigenvalue weighted by Gasteiger charge is 2.09. The second-order valence-corrected chi connectivity index (χ2v) is 4.26. The molecule has 0 radical (unpaired) electrons. The van der Waals surface area contributed by atoms with E-state index in [2.05, 4.69) is 15.0 Å². The summed E-state index contributed by atoms with van der Waals surface area (Å²) in [4.78, 5) is 11.9. The van der Waals surface area contributed by atoms with Gasteiger partial charge < -0.3 is 9.88 Å². The summed E-state index contributed by atoms with van der Waals surface area (Å²) in [6.45, 7) is 5.31. The van der Waals surface area contributed by atoms with Crippen molar-refractivity contribution in [3.63, 3.8) is 0 Å². The third-order valence-corrected chi connectivity index (χ3v) is 3.10. The minimum Gasteiger partial charge on any atom is -0.350 e. The summed E-state index contributed by atoms with van der Waals surface area (Å²) in [5.74, 6) is -0.138. The summed E-state index contributed by atoms with van der Waals surface area (Å²) in [5, 5.41) is 7.04. The molecule has 0 spiro atoms. The molecule has 1 amide bonds. The minimum absolute atomic E-state index is 0.138. The fraction of sp³-hybridized carbons (Fsp3) is 0.385. The van der Waals surface area contributed by atoms with Gasteiger partial charge in [0.25, 0.3) is 5.91 Å². The summed E-state index contributed by atoms with van der Waals surface area (Å²) < 4.78 is 3.80. The van der Waals surface area contributed by atoms with Gasteiger partial charge in [-0.15, -0.1) is 0 Å². The molecule has 18 heavy (non-hydrogen) atoms. The van der Waals surface area contributed by atoms with E-state index in [-0.39, 0.29) is 5.91 Å². The van der Waals surface area contributed by atoms with Gasteiger partial charge in [-0.2, -0.15) is 5.10 Å². The normalized spacial score (nSPS) is 10.6. The number of amides is 1. The Morgan fingerprint density at radius 1 is 1.39 bits per heavy atom. The van der Waals surface area contributed by atoms with E-state index in [9.17, 15) is 4.79 Å². The molecule has 0 bridgehead atoms. The maximum Gasteiger partial charge on any atom is 0.272 e. The number of hydrogen-bond donors (Lipinski definition) is 1. The van der Waals surface area contributed by atoms with Crippen LogP contribution in [0.1, 0.15) is 28.8 Å². The first kappa shape index (κ1) is 12.4. The average Bonchev–Trinajstić information content (AvgIpc) is 2.96. The number of carbonyl (C=O) groups is 1. The number of nitrogens with zero attached hydrogens (tertiary/aromatic N) is 3. The Hall–Kier alpha value is -2.04. The maximum atomic E-state index is 11.9. The summed E-state index contributed by atoms with van der Waals surface area (Å²) in [6.07, 6.45) is 1.81. The molecular formula is C13H18N4O. The molecule has 2 rings (SSSR count). The molecule has 0 saturated heterocycles. The molecule has 0 aliphatic carbocycles. The average molecular weight is 246 g/mol. The van der Waals surface area contributed by atoms with Crippen LogP contribution < -0.4 is 5.32 Å². The van der Waals surface area contributed by atoms with Crippen LogP contribution in [0.5, 0.6) is 0 Å². The number of aromatic nitrogens is 3. The third kappa shape index (κ3) is 2.45. The second kappa shape index (κ2) is 5.08. The van der Waals surface area contributed by atoms with E-state index in [4.69, 9.17) is 0 Å². The lowest BCUT2D eigenvalue weighted by Gasteiger charge is -2.06. The molecule has 2 heterocycles. The molecule has 0 aromatic carbocycles. The van der Waals surface area contributed by atoms with Crippen LogP contribution >= 0.6 is 0 Å². The standard InChI is InChI=1S/C13H18N4O/c1-4-17-8-7-12(15-17)13(18)14-9-11-6-5-10(2)16(11)3/h5-8H,4,9H2,1-3H3,(H,14,18). The van der Waals surface area contributed by atoms with Crippen molar-refractivity contribution < 1.29 is 4.79 Å². The monoisotopic (exact) mass is 246 g/mol. The predicted octanol–water partition coefficient (Wildman–Crippen LogP) is 1.48. The van der Waals surface area contributed by atoms with Crippen LogP contribution in [-0.2, 0) is 20.1 Å². The molecule has 0 fully saturated rings.